The number of hydrogen-bond acceptors (Lipinski definition) is 3. The third kappa shape index (κ3) is 3.81. The van der Waals surface area contributed by atoms with E-state index in [4.69, 9.17) is 0 Å². The molecule has 0 aromatic heterocycles. The molecule has 20 heavy (non-hydrogen) atoms. The van der Waals surface area contributed by atoms with Crippen LogP contribution < -0.4 is 5.32 Å². The molecule has 0 radical (unpaired) electrons. The van der Waals surface area contributed by atoms with Crippen LogP contribution in [0.3, 0.4) is 0 Å². The molecule has 0 bridgehead atoms. The number of carbonyl (C=O) groups excluding carboxylic acids is 1. The Labute approximate surface area is 121 Å². The Morgan fingerprint density at radius 1 is 1.20 bits per heavy atom. The Hall–Kier alpha value is -1.39. The summed E-state index contributed by atoms with van der Waals surface area (Å²) >= 11 is 0. The van der Waals surface area contributed by atoms with Gasteiger partial charge in [0.2, 0.25) is 5.91 Å². The molecule has 0 saturated carbocycles. The number of fused-ring (bicyclic) bond motifs is 1. The summed E-state index contributed by atoms with van der Waals surface area (Å²) in [7, 11) is 6.02. The fourth-order valence-electron chi connectivity index (χ4n) is 2.63. The van der Waals surface area contributed by atoms with E-state index in [1.165, 1.54) is 11.1 Å². The van der Waals surface area contributed by atoms with E-state index in [1.54, 1.807) is 0 Å². The van der Waals surface area contributed by atoms with Crippen LogP contribution in [0.1, 0.15) is 17.5 Å². The van der Waals surface area contributed by atoms with Crippen LogP contribution in [0, 0.1) is 0 Å². The molecule has 0 unspecified atom stereocenters. The highest BCUT2D eigenvalue weighted by Crippen LogP contribution is 2.17. The second-order valence-electron chi connectivity index (χ2n) is 5.82. The van der Waals surface area contributed by atoms with Crippen molar-refractivity contribution < 1.29 is 4.79 Å². The van der Waals surface area contributed by atoms with Gasteiger partial charge in [0, 0.05) is 20.1 Å². The van der Waals surface area contributed by atoms with Crippen molar-refractivity contribution in [2.45, 2.75) is 25.4 Å². The van der Waals surface area contributed by atoms with E-state index < -0.39 is 0 Å². The molecule has 1 amide bonds. The molecule has 0 aliphatic carbocycles. The number of likely N-dealkylation sites (N-methyl/N-ethyl adjacent to an activating group) is 1. The minimum absolute atomic E-state index is 0.0748. The third-order valence-electron chi connectivity index (χ3n) is 3.85. The van der Waals surface area contributed by atoms with E-state index in [1.807, 2.05) is 18.0 Å². The molecule has 1 aromatic carbocycles. The number of rotatable bonds is 5. The zero-order valence-electron chi connectivity index (χ0n) is 12.7. The largest absolute Gasteiger partial charge is 0.344 e. The number of benzene rings is 1. The molecule has 4 heteroatoms. The molecule has 1 aliphatic rings. The van der Waals surface area contributed by atoms with Crippen LogP contribution in [-0.4, -0.2) is 56.0 Å². The number of amides is 1. The number of nitrogens with one attached hydrogen (secondary N) is 1. The fraction of sp³-hybridized carbons (Fsp3) is 0.562. The summed E-state index contributed by atoms with van der Waals surface area (Å²) in [6, 6.07) is 8.28. The zero-order chi connectivity index (χ0) is 14.5. The third-order valence-corrected chi connectivity index (χ3v) is 3.85. The first-order valence-electron chi connectivity index (χ1n) is 7.28. The van der Waals surface area contributed by atoms with Gasteiger partial charge in [0.15, 0.2) is 0 Å². The summed E-state index contributed by atoms with van der Waals surface area (Å²) in [6.45, 7) is 2.62. The molecule has 1 aliphatic heterocycles. The Bertz CT molecular complexity index is 459. The summed E-state index contributed by atoms with van der Waals surface area (Å²) in [5.41, 5.74) is 2.61. The highest BCUT2D eigenvalue weighted by molar-refractivity contribution is 5.82. The van der Waals surface area contributed by atoms with Crippen LogP contribution >= 0.6 is 0 Å². The van der Waals surface area contributed by atoms with Gasteiger partial charge in [-0.2, -0.15) is 0 Å². The number of nitrogens with zero attached hydrogens (tertiary/aromatic N) is 2. The van der Waals surface area contributed by atoms with Crippen molar-refractivity contribution in [2.75, 3.05) is 34.2 Å². The maximum atomic E-state index is 12.4. The molecule has 1 atom stereocenters. The monoisotopic (exact) mass is 275 g/mol. The van der Waals surface area contributed by atoms with Crippen LogP contribution in [0.15, 0.2) is 24.3 Å². The van der Waals surface area contributed by atoms with Gasteiger partial charge in [-0.05, 0) is 44.6 Å². The molecule has 1 aromatic rings. The van der Waals surface area contributed by atoms with Gasteiger partial charge >= 0.3 is 0 Å². The molecule has 2 rings (SSSR count). The summed E-state index contributed by atoms with van der Waals surface area (Å²) in [4.78, 5) is 16.4. The van der Waals surface area contributed by atoms with Crippen molar-refractivity contribution in [2.24, 2.45) is 0 Å². The molecule has 0 saturated heterocycles. The lowest BCUT2D eigenvalue weighted by Gasteiger charge is -2.29. The van der Waals surface area contributed by atoms with Crippen LogP contribution in [-0.2, 0) is 17.8 Å². The predicted octanol–water partition coefficient (Wildman–Crippen LogP) is 1.11. The van der Waals surface area contributed by atoms with Crippen molar-refractivity contribution in [3.05, 3.63) is 35.4 Å². The van der Waals surface area contributed by atoms with Crippen molar-refractivity contribution in [1.29, 1.82) is 0 Å². The summed E-state index contributed by atoms with van der Waals surface area (Å²) in [5, 5.41) is 3.35. The normalized spacial score (nSPS) is 17.9. The fourth-order valence-corrected chi connectivity index (χ4v) is 2.63. The quantitative estimate of drug-likeness (QED) is 0.874. The minimum atomic E-state index is -0.0748. The summed E-state index contributed by atoms with van der Waals surface area (Å²) in [5.74, 6) is 0.207. The molecular formula is C16H25N3O. The van der Waals surface area contributed by atoms with Crippen LogP contribution in [0.4, 0.5) is 0 Å². The Morgan fingerprint density at radius 3 is 2.60 bits per heavy atom. The van der Waals surface area contributed by atoms with Gasteiger partial charge < -0.3 is 15.1 Å². The Morgan fingerprint density at radius 2 is 1.90 bits per heavy atom. The van der Waals surface area contributed by atoms with Gasteiger partial charge in [-0.15, -0.1) is 0 Å². The van der Waals surface area contributed by atoms with E-state index in [0.29, 0.717) is 0 Å². The van der Waals surface area contributed by atoms with E-state index in [9.17, 15) is 4.79 Å². The first-order chi connectivity index (χ1) is 9.58. The highest BCUT2D eigenvalue weighted by Gasteiger charge is 2.25. The summed E-state index contributed by atoms with van der Waals surface area (Å²) in [6.07, 6.45) is 1.81. The lowest BCUT2D eigenvalue weighted by molar-refractivity contribution is -0.132. The van der Waals surface area contributed by atoms with Gasteiger partial charge in [-0.3, -0.25) is 4.79 Å². The molecular weight excluding hydrogens is 250 g/mol. The Balaban J connectivity index is 1.87. The van der Waals surface area contributed by atoms with Crippen LogP contribution in [0.25, 0.3) is 0 Å². The molecule has 1 heterocycles. The van der Waals surface area contributed by atoms with Crippen LogP contribution in [0.5, 0.6) is 0 Å². The zero-order valence-corrected chi connectivity index (χ0v) is 12.7. The van der Waals surface area contributed by atoms with Crippen molar-refractivity contribution in [1.82, 2.24) is 15.1 Å². The van der Waals surface area contributed by atoms with Crippen molar-refractivity contribution in [3.63, 3.8) is 0 Å². The maximum absolute atomic E-state index is 12.4. The van der Waals surface area contributed by atoms with Gasteiger partial charge in [0.1, 0.15) is 0 Å². The second-order valence-corrected chi connectivity index (χ2v) is 5.82. The van der Waals surface area contributed by atoms with Crippen LogP contribution in [0.2, 0.25) is 0 Å². The maximum Gasteiger partial charge on any atom is 0.239 e. The average Bonchev–Trinajstić information content (AvgIpc) is 2.45. The average molecular weight is 275 g/mol. The van der Waals surface area contributed by atoms with E-state index >= 15 is 0 Å². The number of hydrogen-bond donors (Lipinski definition) is 1. The van der Waals surface area contributed by atoms with Crippen molar-refractivity contribution in [3.8, 4) is 0 Å². The van der Waals surface area contributed by atoms with Crippen molar-refractivity contribution >= 4 is 5.91 Å². The smallest absolute Gasteiger partial charge is 0.239 e. The molecule has 110 valence electrons. The van der Waals surface area contributed by atoms with E-state index in [2.05, 4.69) is 42.5 Å². The number of carbonyl (C=O) groups is 1. The molecule has 0 fully saturated rings. The second kappa shape index (κ2) is 6.86. The van der Waals surface area contributed by atoms with Gasteiger partial charge in [0.25, 0.3) is 0 Å². The first kappa shape index (κ1) is 15.0. The molecule has 1 N–H and O–H groups in total. The van der Waals surface area contributed by atoms with Gasteiger partial charge in [-0.1, -0.05) is 24.3 Å². The summed E-state index contributed by atoms with van der Waals surface area (Å²) < 4.78 is 0. The highest BCUT2D eigenvalue weighted by atomic mass is 16.2. The predicted molar refractivity (Wildman–Crippen MR) is 81.6 cm³/mol. The van der Waals surface area contributed by atoms with E-state index in [0.717, 1.165) is 32.5 Å². The SMILES string of the molecule is CN(C)CCCN(C)C(=O)[C@@H]1Cc2ccccc2CN1. The molecule has 0 spiro atoms. The first-order valence-corrected chi connectivity index (χ1v) is 7.28. The Kier molecular flexibility index (Phi) is 5.15. The van der Waals surface area contributed by atoms with Gasteiger partial charge in [-0.25, -0.2) is 0 Å². The minimum Gasteiger partial charge on any atom is -0.344 e. The molecule has 4 nitrogen and oxygen atoms in total. The van der Waals surface area contributed by atoms with E-state index in [-0.39, 0.29) is 11.9 Å². The van der Waals surface area contributed by atoms with Gasteiger partial charge in [0.05, 0.1) is 6.04 Å². The lowest BCUT2D eigenvalue weighted by atomic mass is 9.95. The standard InChI is InChI=1S/C16H25N3O/c1-18(2)9-6-10-19(3)16(20)15-11-13-7-4-5-8-14(13)12-17-15/h4-5,7-8,15,17H,6,9-12H2,1-3H3/t15-/m0/s1. The lowest BCUT2D eigenvalue weighted by Crippen LogP contribution is -2.48. The topological polar surface area (TPSA) is 35.6 Å².